The number of halogens is 3. The highest BCUT2D eigenvalue weighted by Crippen LogP contribution is 2.42. The molecule has 4 aliphatic heterocycles. The van der Waals surface area contributed by atoms with E-state index in [2.05, 4.69) is 25.4 Å². The summed E-state index contributed by atoms with van der Waals surface area (Å²) in [4.78, 5) is 62.5. The van der Waals surface area contributed by atoms with E-state index in [1.807, 2.05) is 15.8 Å². The standard InChI is InChI=1S/C44H52F3N9O5/c1-61-37-10-7-30(28-36(37)55-22-13-39(57)50-42(55)60)41(59)54-25-16-43(17-26-54)14-23-53(24-15-43)19-3-2-18-52-20-11-33(12-21-52)56-29-31-27-32(8-9-34(31)51-56)48-40(58)35-5-4-6-38(49-35)44(45,46)47/h4-10,27-29,33H,2-3,11-26H2,1H3,(H,48,58)(H,50,57,60). The van der Waals surface area contributed by atoms with Crippen molar-refractivity contribution in [3.63, 3.8) is 0 Å². The highest BCUT2D eigenvalue weighted by molar-refractivity contribution is 6.07. The molecule has 2 aromatic heterocycles. The molecule has 324 valence electrons. The number of alkyl halides is 3. The second-order valence-corrected chi connectivity index (χ2v) is 16.8. The first-order chi connectivity index (χ1) is 29.4. The maximum atomic E-state index is 13.6. The normalized spacial score (nSPS) is 19.3. The number of piperidine rings is 3. The van der Waals surface area contributed by atoms with Gasteiger partial charge in [-0.1, -0.05) is 6.07 Å². The number of rotatable bonds is 11. The van der Waals surface area contributed by atoms with E-state index in [4.69, 9.17) is 9.84 Å². The molecule has 2 N–H and O–H groups in total. The average Bonchev–Trinajstić information content (AvgIpc) is 3.69. The Morgan fingerprint density at radius 3 is 2.28 bits per heavy atom. The number of ether oxygens (including phenoxy) is 1. The SMILES string of the molecule is COc1ccc(C(=O)N2CCC3(CCN(CCCCN4CCC(n5cc6cc(NC(=O)c7cccc(C(F)(F)F)n7)ccc6n5)CC4)CC3)CC2)cc1N1CCC(=O)NC1=O. The van der Waals surface area contributed by atoms with Crippen LogP contribution in [-0.4, -0.2) is 119 Å². The minimum absolute atomic E-state index is 0.0525. The smallest absolute Gasteiger partial charge is 0.433 e. The summed E-state index contributed by atoms with van der Waals surface area (Å²) in [5.74, 6) is -0.611. The minimum atomic E-state index is -4.63. The summed E-state index contributed by atoms with van der Waals surface area (Å²) in [5, 5.41) is 10.6. The van der Waals surface area contributed by atoms with Crippen molar-refractivity contribution in [3.8, 4) is 5.75 Å². The number of likely N-dealkylation sites (tertiary alicyclic amines) is 3. The van der Waals surface area contributed by atoms with Crippen LogP contribution in [0.15, 0.2) is 60.8 Å². The van der Waals surface area contributed by atoms with E-state index in [0.717, 1.165) is 108 Å². The van der Waals surface area contributed by atoms with Crippen LogP contribution in [0, 0.1) is 5.41 Å². The van der Waals surface area contributed by atoms with E-state index >= 15 is 0 Å². The summed E-state index contributed by atoms with van der Waals surface area (Å²) in [6.45, 7) is 7.97. The van der Waals surface area contributed by atoms with Crippen LogP contribution in [0.4, 0.5) is 29.3 Å². The van der Waals surface area contributed by atoms with Crippen molar-refractivity contribution in [2.75, 3.05) is 76.2 Å². The number of anilines is 2. The lowest BCUT2D eigenvalue weighted by atomic mass is 9.71. The molecule has 8 rings (SSSR count). The predicted octanol–water partition coefficient (Wildman–Crippen LogP) is 6.59. The first-order valence-corrected chi connectivity index (χ1v) is 21.2. The molecule has 0 bridgehead atoms. The first-order valence-electron chi connectivity index (χ1n) is 21.2. The van der Waals surface area contributed by atoms with Crippen molar-refractivity contribution in [1.82, 2.24) is 34.8 Å². The molecule has 4 aliphatic rings. The number of unbranched alkanes of at least 4 members (excludes halogenated alkanes) is 1. The van der Waals surface area contributed by atoms with Crippen LogP contribution in [0.2, 0.25) is 0 Å². The van der Waals surface area contributed by atoms with E-state index in [0.29, 0.717) is 35.8 Å². The molecule has 1 spiro atoms. The Hall–Kier alpha value is -5.55. The molecule has 0 aliphatic carbocycles. The molecule has 17 heteroatoms. The number of hydrogen-bond acceptors (Lipinski definition) is 9. The third kappa shape index (κ3) is 9.67. The van der Waals surface area contributed by atoms with Crippen LogP contribution in [0.25, 0.3) is 10.9 Å². The largest absolute Gasteiger partial charge is 0.495 e. The van der Waals surface area contributed by atoms with Gasteiger partial charge in [0.15, 0.2) is 0 Å². The van der Waals surface area contributed by atoms with Crippen molar-refractivity contribution in [2.45, 2.75) is 70.0 Å². The van der Waals surface area contributed by atoms with Gasteiger partial charge in [-0.2, -0.15) is 18.3 Å². The van der Waals surface area contributed by atoms with Gasteiger partial charge < -0.3 is 24.8 Å². The highest BCUT2D eigenvalue weighted by Gasteiger charge is 2.39. The molecule has 0 radical (unpaired) electrons. The number of pyridine rings is 1. The van der Waals surface area contributed by atoms with E-state index in [1.54, 1.807) is 36.4 Å². The Balaban J connectivity index is 0.734. The van der Waals surface area contributed by atoms with Gasteiger partial charge in [0.25, 0.3) is 11.8 Å². The average molecular weight is 844 g/mol. The summed E-state index contributed by atoms with van der Waals surface area (Å²) >= 11 is 0. The van der Waals surface area contributed by atoms with Crippen molar-refractivity contribution in [3.05, 3.63) is 77.7 Å². The van der Waals surface area contributed by atoms with Crippen LogP contribution in [0.5, 0.6) is 5.75 Å². The van der Waals surface area contributed by atoms with E-state index in [1.165, 1.54) is 24.1 Å². The molecule has 14 nitrogen and oxygen atoms in total. The van der Waals surface area contributed by atoms with E-state index in [-0.39, 0.29) is 41.9 Å². The molecule has 4 aromatic rings. The van der Waals surface area contributed by atoms with Crippen LogP contribution in [-0.2, 0) is 11.0 Å². The van der Waals surface area contributed by atoms with Gasteiger partial charge in [0.1, 0.15) is 17.1 Å². The molecule has 4 saturated heterocycles. The fraction of sp³-hybridized carbons (Fsp3) is 0.500. The molecular weight excluding hydrogens is 792 g/mol. The number of methoxy groups -OCH3 is 1. The molecule has 0 saturated carbocycles. The van der Waals surface area contributed by atoms with Gasteiger partial charge in [-0.15, -0.1) is 0 Å². The van der Waals surface area contributed by atoms with Crippen LogP contribution in [0.1, 0.15) is 90.4 Å². The van der Waals surface area contributed by atoms with Crippen molar-refractivity contribution >= 4 is 46.0 Å². The number of carbonyl (C=O) groups excluding carboxylic acids is 4. The third-order valence-electron chi connectivity index (χ3n) is 13.0. The molecule has 2 aromatic carbocycles. The van der Waals surface area contributed by atoms with Crippen LogP contribution in [0.3, 0.4) is 0 Å². The predicted molar refractivity (Wildman–Crippen MR) is 223 cm³/mol. The zero-order valence-corrected chi connectivity index (χ0v) is 34.4. The van der Waals surface area contributed by atoms with Crippen molar-refractivity contribution < 1.29 is 37.1 Å². The second kappa shape index (κ2) is 17.8. The Bertz CT molecular complexity index is 2260. The maximum absolute atomic E-state index is 13.6. The molecule has 6 heterocycles. The monoisotopic (exact) mass is 843 g/mol. The molecule has 5 amide bonds. The number of imide groups is 1. The molecule has 0 unspecified atom stereocenters. The molecule has 4 fully saturated rings. The summed E-state index contributed by atoms with van der Waals surface area (Å²) in [7, 11) is 1.52. The maximum Gasteiger partial charge on any atom is 0.433 e. The lowest BCUT2D eigenvalue weighted by Crippen LogP contribution is -2.50. The quantitative estimate of drug-likeness (QED) is 0.160. The lowest BCUT2D eigenvalue weighted by molar-refractivity contribution is -0.141. The van der Waals surface area contributed by atoms with Crippen LogP contribution >= 0.6 is 0 Å². The second-order valence-electron chi connectivity index (χ2n) is 16.8. The number of benzene rings is 2. The lowest BCUT2D eigenvalue weighted by Gasteiger charge is -2.47. The summed E-state index contributed by atoms with van der Waals surface area (Å²) in [6.07, 6.45) is 6.06. The van der Waals surface area contributed by atoms with Gasteiger partial charge >= 0.3 is 12.2 Å². The van der Waals surface area contributed by atoms with Crippen molar-refractivity contribution in [2.24, 2.45) is 5.41 Å². The number of nitrogens with one attached hydrogen (secondary N) is 2. The first kappa shape index (κ1) is 42.2. The number of nitrogens with zero attached hydrogens (tertiary/aromatic N) is 7. The summed E-state index contributed by atoms with van der Waals surface area (Å²) < 4.78 is 46.7. The number of fused-ring (bicyclic) bond motifs is 1. The Labute approximate surface area is 352 Å². The molecule has 61 heavy (non-hydrogen) atoms. The van der Waals surface area contributed by atoms with Crippen LogP contribution < -0.4 is 20.3 Å². The zero-order valence-electron chi connectivity index (χ0n) is 34.4. The number of amides is 5. The summed E-state index contributed by atoms with van der Waals surface area (Å²) in [6, 6.07) is 13.4. The fourth-order valence-corrected chi connectivity index (χ4v) is 9.25. The van der Waals surface area contributed by atoms with E-state index < -0.39 is 23.8 Å². The van der Waals surface area contributed by atoms with Gasteiger partial charge in [-0.3, -0.25) is 29.3 Å². The van der Waals surface area contributed by atoms with E-state index in [9.17, 15) is 32.3 Å². The third-order valence-corrected chi connectivity index (χ3v) is 13.0. The number of urea groups is 1. The molecule has 0 atom stereocenters. The Kier molecular flexibility index (Phi) is 12.3. The number of aromatic nitrogens is 3. The highest BCUT2D eigenvalue weighted by atomic mass is 19.4. The minimum Gasteiger partial charge on any atom is -0.495 e. The van der Waals surface area contributed by atoms with Gasteiger partial charge in [0.2, 0.25) is 5.91 Å². The fourth-order valence-electron chi connectivity index (χ4n) is 9.25. The van der Waals surface area contributed by atoms with Gasteiger partial charge in [0.05, 0.1) is 24.4 Å². The van der Waals surface area contributed by atoms with Gasteiger partial charge in [-0.25, -0.2) is 9.78 Å². The molecular formula is C44H52F3N9O5. The summed E-state index contributed by atoms with van der Waals surface area (Å²) in [5.41, 5.74) is 1.08. The van der Waals surface area contributed by atoms with Gasteiger partial charge in [0, 0.05) is 62.0 Å². The Morgan fingerprint density at radius 1 is 0.885 bits per heavy atom. The topological polar surface area (TPSA) is 145 Å². The zero-order chi connectivity index (χ0) is 42.7. The Morgan fingerprint density at radius 2 is 1.59 bits per heavy atom. The number of hydrogen-bond donors (Lipinski definition) is 2. The van der Waals surface area contributed by atoms with Crippen molar-refractivity contribution in [1.29, 1.82) is 0 Å². The number of carbonyl (C=O) groups is 4. The van der Waals surface area contributed by atoms with Gasteiger partial charge in [-0.05, 0) is 131 Å².